The molecule has 132 valence electrons. The number of benzene rings is 1. The number of carbonyl (C=O) groups excluding carboxylic acids is 1. The van der Waals surface area contributed by atoms with Gasteiger partial charge in [-0.25, -0.2) is 4.79 Å². The lowest BCUT2D eigenvalue weighted by atomic mass is 10.00. The molecule has 0 aromatic heterocycles. The molecule has 1 aromatic carbocycles. The maximum Gasteiger partial charge on any atom is 0.342 e. The minimum Gasteiger partial charge on any atom is -0.508 e. The Labute approximate surface area is 142 Å². The topological polar surface area (TPSA) is 87.0 Å². The normalized spacial score (nSPS) is 13.6. The van der Waals surface area contributed by atoms with Crippen LogP contribution in [0, 0.1) is 0 Å². The van der Waals surface area contributed by atoms with Gasteiger partial charge < -0.3 is 20.1 Å². The van der Waals surface area contributed by atoms with E-state index in [2.05, 4.69) is 13.5 Å². The first-order chi connectivity index (χ1) is 11.4. The van der Waals surface area contributed by atoms with Crippen molar-refractivity contribution in [2.75, 3.05) is 0 Å². The highest BCUT2D eigenvalue weighted by atomic mass is 16.5. The number of phenols is 2. The molecule has 0 radical (unpaired) electrons. The molecule has 24 heavy (non-hydrogen) atoms. The molecule has 0 amide bonds. The lowest BCUT2D eigenvalue weighted by Crippen LogP contribution is -2.18. The van der Waals surface area contributed by atoms with Crippen molar-refractivity contribution >= 4 is 5.97 Å². The summed E-state index contributed by atoms with van der Waals surface area (Å²) in [4.78, 5) is 12.4. The van der Waals surface area contributed by atoms with Crippen molar-refractivity contribution in [2.45, 2.75) is 51.7 Å². The molecule has 0 saturated carbocycles. The number of aliphatic hydroxyl groups is 1. The number of allylic oxidation sites excluding steroid dienone is 1. The van der Waals surface area contributed by atoms with E-state index in [1.807, 2.05) is 12.2 Å². The standard InChI is InChI=1S/C19H26O5/c1-4-6-7-8-9-13(3)24-19(23)18-14(10-15(20)5-2)11-16(21)12-17(18)22/h5,7-8,11-13,15,20-22H,2,4,6,9-10H2,1,3H3/b8-7+/t13-,15?/m0/s1. The number of hydrogen-bond donors (Lipinski definition) is 3. The highest BCUT2D eigenvalue weighted by molar-refractivity contribution is 5.94. The zero-order chi connectivity index (χ0) is 18.1. The van der Waals surface area contributed by atoms with Gasteiger partial charge in [-0.1, -0.05) is 31.6 Å². The summed E-state index contributed by atoms with van der Waals surface area (Å²) in [5.74, 6) is -1.25. The van der Waals surface area contributed by atoms with Crippen LogP contribution in [0.25, 0.3) is 0 Å². The molecule has 0 saturated heterocycles. The first-order valence-electron chi connectivity index (χ1n) is 8.10. The lowest BCUT2D eigenvalue weighted by molar-refractivity contribution is 0.0343. The highest BCUT2D eigenvalue weighted by Crippen LogP contribution is 2.29. The Bertz CT molecular complexity index is 592. The molecule has 0 aliphatic carbocycles. The zero-order valence-electron chi connectivity index (χ0n) is 14.2. The van der Waals surface area contributed by atoms with Crippen LogP contribution in [0.3, 0.4) is 0 Å². The minimum atomic E-state index is -0.896. The Morgan fingerprint density at radius 1 is 1.33 bits per heavy atom. The third kappa shape index (κ3) is 6.08. The van der Waals surface area contributed by atoms with E-state index in [1.54, 1.807) is 6.92 Å². The summed E-state index contributed by atoms with van der Waals surface area (Å²) in [7, 11) is 0. The summed E-state index contributed by atoms with van der Waals surface area (Å²) in [6.45, 7) is 7.33. The van der Waals surface area contributed by atoms with E-state index in [1.165, 1.54) is 12.1 Å². The number of esters is 1. The predicted molar refractivity (Wildman–Crippen MR) is 93.2 cm³/mol. The van der Waals surface area contributed by atoms with Crippen LogP contribution >= 0.6 is 0 Å². The van der Waals surface area contributed by atoms with E-state index < -0.39 is 12.1 Å². The van der Waals surface area contributed by atoms with Crippen molar-refractivity contribution in [3.8, 4) is 11.5 Å². The van der Waals surface area contributed by atoms with Crippen molar-refractivity contribution in [2.24, 2.45) is 0 Å². The fraction of sp³-hybridized carbons (Fsp3) is 0.421. The molecule has 5 heteroatoms. The molecule has 0 spiro atoms. The average Bonchev–Trinajstić information content (AvgIpc) is 2.50. The van der Waals surface area contributed by atoms with Gasteiger partial charge in [0.15, 0.2) is 0 Å². The summed E-state index contributed by atoms with van der Waals surface area (Å²) in [6, 6.07) is 2.40. The second kappa shape index (κ2) is 9.78. The summed E-state index contributed by atoms with van der Waals surface area (Å²) >= 11 is 0. The van der Waals surface area contributed by atoms with E-state index in [9.17, 15) is 20.1 Å². The first-order valence-corrected chi connectivity index (χ1v) is 8.10. The highest BCUT2D eigenvalue weighted by Gasteiger charge is 2.22. The number of rotatable bonds is 9. The van der Waals surface area contributed by atoms with Crippen LogP contribution in [0.5, 0.6) is 11.5 Å². The first kappa shape index (κ1) is 19.8. The molecular weight excluding hydrogens is 308 g/mol. The van der Waals surface area contributed by atoms with Gasteiger partial charge in [-0.15, -0.1) is 6.58 Å². The number of aromatic hydroxyl groups is 2. The van der Waals surface area contributed by atoms with Crippen molar-refractivity contribution < 1.29 is 24.9 Å². The molecule has 3 N–H and O–H groups in total. The Hall–Kier alpha value is -2.27. The van der Waals surface area contributed by atoms with E-state index in [-0.39, 0.29) is 29.6 Å². The summed E-state index contributed by atoms with van der Waals surface area (Å²) in [5, 5.41) is 29.3. The third-order valence-corrected chi connectivity index (χ3v) is 3.49. The average molecular weight is 334 g/mol. The predicted octanol–water partition coefficient (Wildman–Crippen LogP) is 3.48. The fourth-order valence-electron chi connectivity index (χ4n) is 2.24. The number of phenolic OH excluding ortho intramolecular Hbond substituents is 2. The molecule has 0 heterocycles. The van der Waals surface area contributed by atoms with Crippen molar-refractivity contribution in [1.29, 1.82) is 0 Å². The smallest absolute Gasteiger partial charge is 0.342 e. The number of ether oxygens (including phenoxy) is 1. The minimum absolute atomic E-state index is 0.0423. The second-order valence-electron chi connectivity index (χ2n) is 5.72. The number of hydrogen-bond acceptors (Lipinski definition) is 5. The van der Waals surface area contributed by atoms with Crippen LogP contribution in [-0.2, 0) is 11.2 Å². The Morgan fingerprint density at radius 2 is 2.04 bits per heavy atom. The largest absolute Gasteiger partial charge is 0.508 e. The van der Waals surface area contributed by atoms with E-state index in [0.717, 1.165) is 18.9 Å². The molecule has 0 aliphatic rings. The van der Waals surface area contributed by atoms with E-state index >= 15 is 0 Å². The van der Waals surface area contributed by atoms with E-state index in [4.69, 9.17) is 4.74 Å². The monoisotopic (exact) mass is 334 g/mol. The maximum absolute atomic E-state index is 12.4. The van der Waals surface area contributed by atoms with Gasteiger partial charge in [-0.2, -0.15) is 0 Å². The SMILES string of the molecule is C=CC(O)Cc1cc(O)cc(O)c1C(=O)O[C@@H](C)C/C=C/CCC. The Morgan fingerprint density at radius 3 is 2.67 bits per heavy atom. The summed E-state index contributed by atoms with van der Waals surface area (Å²) in [6.07, 6.45) is 6.72. The summed E-state index contributed by atoms with van der Waals surface area (Å²) in [5.41, 5.74) is 0.261. The van der Waals surface area contributed by atoms with Crippen molar-refractivity contribution in [3.63, 3.8) is 0 Å². The number of aliphatic hydroxyl groups excluding tert-OH is 1. The van der Waals surface area contributed by atoms with Gasteiger partial charge >= 0.3 is 5.97 Å². The van der Waals surface area contributed by atoms with Crippen LogP contribution in [0.15, 0.2) is 36.9 Å². The molecule has 1 aromatic rings. The van der Waals surface area contributed by atoms with Crippen molar-refractivity contribution in [1.82, 2.24) is 0 Å². The van der Waals surface area contributed by atoms with E-state index in [0.29, 0.717) is 12.0 Å². The molecule has 2 atom stereocenters. The number of carbonyl (C=O) groups is 1. The Balaban J connectivity index is 2.90. The zero-order valence-corrected chi connectivity index (χ0v) is 14.2. The number of unbranched alkanes of at least 4 members (excludes halogenated alkanes) is 1. The van der Waals surface area contributed by atoms with Crippen molar-refractivity contribution in [3.05, 3.63) is 48.1 Å². The third-order valence-electron chi connectivity index (χ3n) is 3.49. The van der Waals surface area contributed by atoms with Crippen LogP contribution in [0.1, 0.15) is 49.0 Å². The van der Waals surface area contributed by atoms with Crippen LogP contribution in [0.4, 0.5) is 0 Å². The molecule has 1 rings (SSSR count). The molecular formula is C19H26O5. The van der Waals surface area contributed by atoms with Gasteiger partial charge in [0.1, 0.15) is 23.2 Å². The van der Waals surface area contributed by atoms with Gasteiger partial charge in [0.05, 0.1) is 6.10 Å². The van der Waals surface area contributed by atoms with Gasteiger partial charge in [0, 0.05) is 18.9 Å². The molecule has 0 aliphatic heterocycles. The van der Waals surface area contributed by atoms with Crippen LogP contribution in [0.2, 0.25) is 0 Å². The van der Waals surface area contributed by atoms with Gasteiger partial charge in [0.2, 0.25) is 0 Å². The molecule has 0 bridgehead atoms. The molecule has 0 fully saturated rings. The second-order valence-corrected chi connectivity index (χ2v) is 5.72. The van der Waals surface area contributed by atoms with Crippen LogP contribution in [-0.4, -0.2) is 33.5 Å². The summed E-state index contributed by atoms with van der Waals surface area (Å²) < 4.78 is 5.35. The fourth-order valence-corrected chi connectivity index (χ4v) is 2.24. The quantitative estimate of drug-likeness (QED) is 0.475. The maximum atomic E-state index is 12.4. The molecule has 5 nitrogen and oxygen atoms in total. The van der Waals surface area contributed by atoms with Gasteiger partial charge in [-0.3, -0.25) is 0 Å². The van der Waals surface area contributed by atoms with Gasteiger partial charge in [-0.05, 0) is 25.0 Å². The Kier molecular flexibility index (Phi) is 8.06. The van der Waals surface area contributed by atoms with Gasteiger partial charge in [0.25, 0.3) is 0 Å². The molecule has 1 unspecified atom stereocenters. The lowest BCUT2D eigenvalue weighted by Gasteiger charge is -2.16. The van der Waals surface area contributed by atoms with Crippen LogP contribution < -0.4 is 0 Å².